The molecule has 0 bridgehead atoms. The van der Waals surface area contributed by atoms with E-state index < -0.39 is 5.97 Å². The Morgan fingerprint density at radius 2 is 1.71 bits per heavy atom. The van der Waals surface area contributed by atoms with Crippen molar-refractivity contribution in [2.24, 2.45) is 0 Å². The lowest BCUT2D eigenvalue weighted by molar-refractivity contribution is -0.116. The van der Waals surface area contributed by atoms with Gasteiger partial charge in [0.25, 0.3) is 0 Å². The van der Waals surface area contributed by atoms with Crippen molar-refractivity contribution in [2.75, 3.05) is 19.0 Å². The highest BCUT2D eigenvalue weighted by Gasteiger charge is 2.13. The number of anilines is 1. The number of aryl methyl sites for hydroxylation is 1. The van der Waals surface area contributed by atoms with Gasteiger partial charge in [-0.2, -0.15) is 0 Å². The highest BCUT2D eigenvalue weighted by molar-refractivity contribution is 5.95. The predicted octanol–water partition coefficient (Wildman–Crippen LogP) is 4.88. The van der Waals surface area contributed by atoms with Gasteiger partial charge in [-0.1, -0.05) is 39.0 Å². The molecule has 5 nitrogen and oxygen atoms in total. The first-order valence-electron chi connectivity index (χ1n) is 9.43. The van der Waals surface area contributed by atoms with E-state index in [1.54, 1.807) is 18.2 Å². The molecule has 5 heteroatoms. The molecule has 1 N–H and O–H groups in total. The Labute approximate surface area is 167 Å². The summed E-state index contributed by atoms with van der Waals surface area (Å²) < 4.78 is 10.4. The van der Waals surface area contributed by atoms with Crippen molar-refractivity contribution in [3.8, 4) is 5.75 Å². The van der Waals surface area contributed by atoms with Crippen LogP contribution in [0.25, 0.3) is 0 Å². The molecule has 2 rings (SSSR count). The van der Waals surface area contributed by atoms with Gasteiger partial charge in [-0.15, -0.1) is 0 Å². The summed E-state index contributed by atoms with van der Waals surface area (Å²) in [6.07, 6.45) is 0.935. The summed E-state index contributed by atoms with van der Waals surface area (Å²) in [5.41, 5.74) is 3.27. The fraction of sp³-hybridized carbons (Fsp3) is 0.391. The number of esters is 1. The molecule has 1 amide bonds. The molecule has 0 unspecified atom stereocenters. The van der Waals surface area contributed by atoms with Crippen LogP contribution in [0.1, 0.15) is 55.1 Å². The quantitative estimate of drug-likeness (QED) is 0.547. The van der Waals surface area contributed by atoms with E-state index in [4.69, 9.17) is 9.47 Å². The average molecular weight is 383 g/mol. The van der Waals surface area contributed by atoms with Crippen LogP contribution in [0.4, 0.5) is 5.69 Å². The third-order valence-electron chi connectivity index (χ3n) is 4.47. The van der Waals surface area contributed by atoms with Crippen LogP contribution >= 0.6 is 0 Å². The Kier molecular flexibility index (Phi) is 7.21. The van der Waals surface area contributed by atoms with E-state index in [0.717, 1.165) is 11.3 Å². The molecular weight excluding hydrogens is 354 g/mol. The molecule has 0 saturated carbocycles. The van der Waals surface area contributed by atoms with Crippen LogP contribution in [0.15, 0.2) is 42.5 Å². The lowest BCUT2D eigenvalue weighted by Crippen LogP contribution is -2.14. The van der Waals surface area contributed by atoms with Crippen molar-refractivity contribution >= 4 is 17.6 Å². The third kappa shape index (κ3) is 6.12. The van der Waals surface area contributed by atoms with Gasteiger partial charge in [0.2, 0.25) is 5.91 Å². The van der Waals surface area contributed by atoms with Crippen LogP contribution in [0.2, 0.25) is 0 Å². The van der Waals surface area contributed by atoms with E-state index in [2.05, 4.69) is 38.2 Å². The summed E-state index contributed by atoms with van der Waals surface area (Å²) in [5, 5.41) is 2.85. The number of carbonyl (C=O) groups is 2. The summed E-state index contributed by atoms with van der Waals surface area (Å²) in [4.78, 5) is 23.8. The Balaban J connectivity index is 1.81. The number of hydrogen-bond acceptors (Lipinski definition) is 4. The van der Waals surface area contributed by atoms with Crippen molar-refractivity contribution in [2.45, 2.75) is 46.0 Å². The molecule has 28 heavy (non-hydrogen) atoms. The Bertz CT molecular complexity index is 819. The van der Waals surface area contributed by atoms with E-state index >= 15 is 0 Å². The van der Waals surface area contributed by atoms with Crippen molar-refractivity contribution in [3.63, 3.8) is 0 Å². The zero-order valence-electron chi connectivity index (χ0n) is 17.3. The second-order valence-electron chi connectivity index (χ2n) is 7.80. The highest BCUT2D eigenvalue weighted by atomic mass is 16.5. The van der Waals surface area contributed by atoms with Gasteiger partial charge in [0.05, 0.1) is 19.3 Å². The third-order valence-corrected chi connectivity index (χ3v) is 4.47. The van der Waals surface area contributed by atoms with Gasteiger partial charge in [-0.25, -0.2) is 4.79 Å². The lowest BCUT2D eigenvalue weighted by atomic mass is 9.87. The largest absolute Gasteiger partial charge is 0.494 e. The molecule has 150 valence electrons. The first kappa shape index (κ1) is 21.5. The second kappa shape index (κ2) is 9.40. The molecule has 0 fully saturated rings. The van der Waals surface area contributed by atoms with Gasteiger partial charge in [0.15, 0.2) is 0 Å². The number of amides is 1. The number of ether oxygens (including phenoxy) is 2. The SMILES string of the molecule is COC(=O)c1ccc(C)c(NC(=O)CCCOc2ccc(C(C)(C)C)cc2)c1. The monoisotopic (exact) mass is 383 g/mol. The van der Waals surface area contributed by atoms with Crippen LogP contribution in [0, 0.1) is 6.92 Å². The molecule has 0 heterocycles. The first-order valence-corrected chi connectivity index (χ1v) is 9.43. The van der Waals surface area contributed by atoms with Gasteiger partial charge in [0.1, 0.15) is 5.75 Å². The number of methoxy groups -OCH3 is 1. The maximum Gasteiger partial charge on any atom is 0.337 e. The zero-order valence-corrected chi connectivity index (χ0v) is 17.3. The number of nitrogens with one attached hydrogen (secondary N) is 1. The molecule has 0 aliphatic rings. The van der Waals surface area contributed by atoms with E-state index in [-0.39, 0.29) is 11.3 Å². The van der Waals surface area contributed by atoms with Crippen LogP contribution in [0.5, 0.6) is 5.75 Å². The Morgan fingerprint density at radius 3 is 2.32 bits per heavy atom. The van der Waals surface area contributed by atoms with Crippen molar-refractivity contribution < 1.29 is 19.1 Å². The maximum atomic E-state index is 12.2. The van der Waals surface area contributed by atoms with Crippen LogP contribution < -0.4 is 10.1 Å². The predicted molar refractivity (Wildman–Crippen MR) is 111 cm³/mol. The molecule has 0 spiro atoms. The van der Waals surface area contributed by atoms with E-state index in [1.165, 1.54) is 12.7 Å². The number of hydrogen-bond donors (Lipinski definition) is 1. The minimum absolute atomic E-state index is 0.111. The molecule has 2 aromatic carbocycles. The minimum Gasteiger partial charge on any atom is -0.494 e. The average Bonchev–Trinajstić information content (AvgIpc) is 2.66. The number of carbonyl (C=O) groups excluding carboxylic acids is 2. The van der Waals surface area contributed by atoms with Crippen LogP contribution in [-0.2, 0) is 14.9 Å². The smallest absolute Gasteiger partial charge is 0.337 e. The fourth-order valence-electron chi connectivity index (χ4n) is 2.69. The number of rotatable bonds is 7. The van der Waals surface area contributed by atoms with Gasteiger partial charge in [0, 0.05) is 12.1 Å². The lowest BCUT2D eigenvalue weighted by Gasteiger charge is -2.19. The standard InChI is InChI=1S/C23H29NO4/c1-16-8-9-17(22(26)27-5)15-20(16)24-21(25)7-6-14-28-19-12-10-18(11-13-19)23(2,3)4/h8-13,15H,6-7,14H2,1-5H3,(H,24,25). The molecule has 0 radical (unpaired) electrons. The van der Waals surface area contributed by atoms with Gasteiger partial charge >= 0.3 is 5.97 Å². The molecule has 0 aliphatic heterocycles. The topological polar surface area (TPSA) is 64.6 Å². The fourth-order valence-corrected chi connectivity index (χ4v) is 2.69. The second-order valence-corrected chi connectivity index (χ2v) is 7.80. The van der Waals surface area contributed by atoms with E-state index in [1.807, 2.05) is 19.1 Å². The van der Waals surface area contributed by atoms with Gasteiger partial charge in [-0.05, 0) is 54.2 Å². The summed E-state index contributed by atoms with van der Waals surface area (Å²) >= 11 is 0. The first-order chi connectivity index (χ1) is 13.2. The summed E-state index contributed by atoms with van der Waals surface area (Å²) in [6.45, 7) is 8.85. The van der Waals surface area contributed by atoms with E-state index in [9.17, 15) is 9.59 Å². The van der Waals surface area contributed by atoms with Crippen molar-refractivity contribution in [1.82, 2.24) is 0 Å². The Morgan fingerprint density at radius 1 is 1.04 bits per heavy atom. The van der Waals surface area contributed by atoms with Crippen LogP contribution in [0.3, 0.4) is 0 Å². The maximum absolute atomic E-state index is 12.2. The van der Waals surface area contributed by atoms with Crippen molar-refractivity contribution in [1.29, 1.82) is 0 Å². The zero-order chi connectivity index (χ0) is 20.7. The highest BCUT2D eigenvalue weighted by Crippen LogP contribution is 2.24. The van der Waals surface area contributed by atoms with E-state index in [0.29, 0.717) is 30.7 Å². The molecule has 0 aliphatic carbocycles. The molecule has 2 aromatic rings. The number of benzene rings is 2. The normalized spacial score (nSPS) is 11.0. The van der Waals surface area contributed by atoms with Gasteiger partial charge in [-0.3, -0.25) is 4.79 Å². The van der Waals surface area contributed by atoms with Crippen molar-refractivity contribution in [3.05, 3.63) is 59.2 Å². The minimum atomic E-state index is -0.429. The molecule has 0 saturated heterocycles. The molecule has 0 atom stereocenters. The van der Waals surface area contributed by atoms with Gasteiger partial charge < -0.3 is 14.8 Å². The molecule has 0 aromatic heterocycles. The summed E-state index contributed by atoms with van der Waals surface area (Å²) in [7, 11) is 1.33. The summed E-state index contributed by atoms with van der Waals surface area (Å²) in [5.74, 6) is 0.258. The Hall–Kier alpha value is -2.82. The summed E-state index contributed by atoms with van der Waals surface area (Å²) in [6, 6.07) is 13.1. The van der Waals surface area contributed by atoms with Crippen LogP contribution in [-0.4, -0.2) is 25.6 Å². The molecular formula is C23H29NO4.